The number of hydrogen-bond acceptors (Lipinski definition) is 6. The maximum Gasteiger partial charge on any atom is 0.274 e. The number of amides is 1. The summed E-state index contributed by atoms with van der Waals surface area (Å²) in [5.41, 5.74) is 1.33. The van der Waals surface area contributed by atoms with Crippen LogP contribution in [0.15, 0.2) is 41.3 Å². The lowest BCUT2D eigenvalue weighted by Gasteiger charge is -2.26. The van der Waals surface area contributed by atoms with Crippen molar-refractivity contribution in [3.05, 3.63) is 47.7 Å². The first kappa shape index (κ1) is 19.2. The van der Waals surface area contributed by atoms with Gasteiger partial charge in [-0.1, -0.05) is 12.1 Å². The summed E-state index contributed by atoms with van der Waals surface area (Å²) in [7, 11) is -3.67. The summed E-state index contributed by atoms with van der Waals surface area (Å²) in [6.07, 6.45) is 3.93. The molecule has 2 aromatic rings. The molecular formula is C18H23N5O3S. The smallest absolute Gasteiger partial charge is 0.274 e. The van der Waals surface area contributed by atoms with Crippen LogP contribution in [0.3, 0.4) is 0 Å². The van der Waals surface area contributed by atoms with Crippen LogP contribution < -0.4 is 10.5 Å². The minimum Gasteiger partial charge on any atom is -0.368 e. The number of nitrogens with one attached hydrogen (secondary N) is 1. The number of hydrogen-bond donors (Lipinski definition) is 2. The summed E-state index contributed by atoms with van der Waals surface area (Å²) >= 11 is 0. The second-order valence-electron chi connectivity index (χ2n) is 6.52. The van der Waals surface area contributed by atoms with E-state index in [0.29, 0.717) is 24.5 Å². The normalized spacial score (nSPS) is 14.8. The van der Waals surface area contributed by atoms with Gasteiger partial charge in [0.25, 0.3) is 5.91 Å². The van der Waals surface area contributed by atoms with Crippen molar-refractivity contribution in [2.24, 2.45) is 5.14 Å². The Labute approximate surface area is 158 Å². The second-order valence-corrected chi connectivity index (χ2v) is 8.08. The van der Waals surface area contributed by atoms with Gasteiger partial charge in [0.2, 0.25) is 10.0 Å². The number of benzene rings is 1. The number of carbonyl (C=O) groups excluding carboxylic acids is 1. The Hall–Kier alpha value is -2.52. The Bertz CT molecular complexity index is 876. The molecule has 1 aromatic heterocycles. The molecule has 0 unspecified atom stereocenters. The number of anilines is 1. The van der Waals surface area contributed by atoms with Gasteiger partial charge in [-0.15, -0.1) is 10.2 Å². The van der Waals surface area contributed by atoms with Gasteiger partial charge in [-0.3, -0.25) is 4.79 Å². The molecule has 1 saturated heterocycles. The van der Waals surface area contributed by atoms with Gasteiger partial charge >= 0.3 is 0 Å². The van der Waals surface area contributed by atoms with E-state index in [4.69, 9.17) is 5.14 Å². The molecule has 0 saturated carbocycles. The van der Waals surface area contributed by atoms with Crippen molar-refractivity contribution in [2.75, 3.05) is 25.0 Å². The summed E-state index contributed by atoms with van der Waals surface area (Å²) in [5, 5.41) is 16.3. The molecule has 144 valence electrons. The van der Waals surface area contributed by atoms with Crippen molar-refractivity contribution < 1.29 is 13.2 Å². The molecule has 1 aliphatic rings. The fraction of sp³-hybridized carbons (Fsp3) is 0.389. The maximum absolute atomic E-state index is 12.4. The molecule has 3 N–H and O–H groups in total. The number of primary sulfonamides is 1. The Kier molecular flexibility index (Phi) is 6.02. The van der Waals surface area contributed by atoms with E-state index in [0.717, 1.165) is 31.5 Å². The molecule has 0 radical (unpaired) electrons. The molecule has 0 atom stereocenters. The van der Waals surface area contributed by atoms with Gasteiger partial charge in [0, 0.05) is 19.6 Å². The number of likely N-dealkylation sites (tertiary alicyclic amines) is 1. The number of nitrogens with zero attached hydrogens (tertiary/aromatic N) is 3. The van der Waals surface area contributed by atoms with E-state index in [1.807, 2.05) is 4.90 Å². The molecule has 3 rings (SSSR count). The van der Waals surface area contributed by atoms with E-state index >= 15 is 0 Å². The summed E-state index contributed by atoms with van der Waals surface area (Å²) < 4.78 is 22.5. The summed E-state index contributed by atoms with van der Waals surface area (Å²) in [5.74, 6) is 0.523. The Morgan fingerprint density at radius 1 is 1.04 bits per heavy atom. The van der Waals surface area contributed by atoms with Gasteiger partial charge in [0.1, 0.15) is 5.82 Å². The molecule has 1 aromatic carbocycles. The monoisotopic (exact) mass is 389 g/mol. The molecule has 8 nitrogen and oxygen atoms in total. The zero-order valence-corrected chi connectivity index (χ0v) is 15.8. The zero-order chi connectivity index (χ0) is 19.3. The number of carbonyl (C=O) groups is 1. The van der Waals surface area contributed by atoms with Gasteiger partial charge in [-0.2, -0.15) is 0 Å². The quantitative estimate of drug-likeness (QED) is 0.771. The number of nitrogens with two attached hydrogens (primary N) is 1. The van der Waals surface area contributed by atoms with Crippen molar-refractivity contribution in [2.45, 2.75) is 30.6 Å². The minimum absolute atomic E-state index is 0.0660. The molecule has 1 aliphatic heterocycles. The van der Waals surface area contributed by atoms with E-state index < -0.39 is 10.0 Å². The average Bonchev–Trinajstić information content (AvgIpc) is 2.68. The Morgan fingerprint density at radius 2 is 1.74 bits per heavy atom. The number of rotatable bonds is 6. The number of sulfonamides is 1. The average molecular weight is 389 g/mol. The third kappa shape index (κ3) is 5.24. The first-order chi connectivity index (χ1) is 12.9. The molecule has 0 aliphatic carbocycles. The highest BCUT2D eigenvalue weighted by atomic mass is 32.2. The van der Waals surface area contributed by atoms with Crippen LogP contribution in [0.5, 0.6) is 0 Å². The Morgan fingerprint density at radius 3 is 2.33 bits per heavy atom. The third-order valence-corrected chi connectivity index (χ3v) is 5.43. The number of piperidine rings is 1. The molecule has 2 heterocycles. The van der Waals surface area contributed by atoms with Crippen LogP contribution in [0.1, 0.15) is 35.3 Å². The summed E-state index contributed by atoms with van der Waals surface area (Å²) in [6, 6.07) is 9.87. The van der Waals surface area contributed by atoms with E-state index in [9.17, 15) is 13.2 Å². The molecular weight excluding hydrogens is 366 g/mol. The van der Waals surface area contributed by atoms with Gasteiger partial charge in [0.15, 0.2) is 5.69 Å². The molecule has 1 amide bonds. The molecule has 0 spiro atoms. The molecule has 27 heavy (non-hydrogen) atoms. The second kappa shape index (κ2) is 8.45. The summed E-state index contributed by atoms with van der Waals surface area (Å²) in [4.78, 5) is 14.3. The molecule has 9 heteroatoms. The van der Waals surface area contributed by atoms with Crippen molar-refractivity contribution >= 4 is 21.7 Å². The minimum atomic E-state index is -3.67. The van der Waals surface area contributed by atoms with Crippen LogP contribution in [-0.2, 0) is 16.4 Å². The van der Waals surface area contributed by atoms with E-state index in [2.05, 4.69) is 15.5 Å². The van der Waals surface area contributed by atoms with Crippen molar-refractivity contribution in [1.29, 1.82) is 0 Å². The lowest BCUT2D eigenvalue weighted by Crippen LogP contribution is -2.36. The molecule has 0 bridgehead atoms. The van der Waals surface area contributed by atoms with Crippen LogP contribution >= 0.6 is 0 Å². The van der Waals surface area contributed by atoms with E-state index in [1.54, 1.807) is 24.3 Å². The third-order valence-electron chi connectivity index (χ3n) is 4.50. The topological polar surface area (TPSA) is 118 Å². The zero-order valence-electron chi connectivity index (χ0n) is 15.0. The highest BCUT2D eigenvalue weighted by Crippen LogP contribution is 2.13. The van der Waals surface area contributed by atoms with Crippen LogP contribution in [-0.4, -0.2) is 49.1 Å². The lowest BCUT2D eigenvalue weighted by atomic mass is 10.1. The fourth-order valence-electron chi connectivity index (χ4n) is 2.98. The van der Waals surface area contributed by atoms with E-state index in [1.165, 1.54) is 18.6 Å². The predicted molar refractivity (Wildman–Crippen MR) is 102 cm³/mol. The standard InChI is InChI=1S/C18H23N5O3S/c19-27(25,26)15-6-4-14(5-7-15)10-11-20-17-9-8-16(21-22-17)18(24)23-12-2-1-3-13-23/h4-9H,1-3,10-13H2,(H,20,22)(H2,19,25,26). The lowest BCUT2D eigenvalue weighted by molar-refractivity contribution is 0.0717. The largest absolute Gasteiger partial charge is 0.368 e. The van der Waals surface area contributed by atoms with Crippen molar-refractivity contribution in [1.82, 2.24) is 15.1 Å². The summed E-state index contributed by atoms with van der Waals surface area (Å²) in [6.45, 7) is 2.17. The van der Waals surface area contributed by atoms with Crippen molar-refractivity contribution in [3.8, 4) is 0 Å². The van der Waals surface area contributed by atoms with Crippen LogP contribution in [0.2, 0.25) is 0 Å². The predicted octanol–water partition coefficient (Wildman–Crippen LogP) is 1.40. The maximum atomic E-state index is 12.4. The van der Waals surface area contributed by atoms with Crippen molar-refractivity contribution in [3.63, 3.8) is 0 Å². The highest BCUT2D eigenvalue weighted by molar-refractivity contribution is 7.89. The number of aromatic nitrogens is 2. The van der Waals surface area contributed by atoms with Crippen LogP contribution in [0.25, 0.3) is 0 Å². The fourth-order valence-corrected chi connectivity index (χ4v) is 3.50. The van der Waals surface area contributed by atoms with Gasteiger partial charge < -0.3 is 10.2 Å². The van der Waals surface area contributed by atoms with Gasteiger partial charge in [-0.25, -0.2) is 13.6 Å². The first-order valence-electron chi connectivity index (χ1n) is 8.92. The van der Waals surface area contributed by atoms with Gasteiger partial charge in [-0.05, 0) is 55.5 Å². The van der Waals surface area contributed by atoms with Crippen LogP contribution in [0, 0.1) is 0 Å². The van der Waals surface area contributed by atoms with Gasteiger partial charge in [0.05, 0.1) is 4.90 Å². The molecule has 1 fully saturated rings. The first-order valence-corrected chi connectivity index (χ1v) is 10.5. The van der Waals surface area contributed by atoms with E-state index in [-0.39, 0.29) is 10.8 Å². The highest BCUT2D eigenvalue weighted by Gasteiger charge is 2.19. The SMILES string of the molecule is NS(=O)(=O)c1ccc(CCNc2ccc(C(=O)N3CCCCC3)nn2)cc1. The van der Waals surface area contributed by atoms with Crippen LogP contribution in [0.4, 0.5) is 5.82 Å². The Balaban J connectivity index is 1.50.